The van der Waals surface area contributed by atoms with Crippen LogP contribution in [-0.2, 0) is 0 Å². The fraction of sp³-hybridized carbons (Fsp3) is 0.222. The summed E-state index contributed by atoms with van der Waals surface area (Å²) in [5.74, 6) is 0. The van der Waals surface area contributed by atoms with Gasteiger partial charge in [0.2, 0.25) is 0 Å². The molecule has 0 heterocycles. The van der Waals surface area contributed by atoms with Crippen LogP contribution in [0.5, 0.6) is 0 Å². The third kappa shape index (κ3) is 1.83. The zero-order valence-corrected chi connectivity index (χ0v) is 9.05. The molecule has 1 aromatic rings. The molecule has 0 saturated heterocycles. The van der Waals surface area contributed by atoms with Gasteiger partial charge in [-0.1, -0.05) is 0 Å². The molecule has 0 atom stereocenters. The summed E-state index contributed by atoms with van der Waals surface area (Å²) in [7, 11) is 0. The normalized spacial score (nSPS) is 9.64. The third-order valence-corrected chi connectivity index (χ3v) is 2.50. The van der Waals surface area contributed by atoms with E-state index >= 15 is 0 Å². The first-order valence-electron chi connectivity index (χ1n) is 3.49. The van der Waals surface area contributed by atoms with Crippen LogP contribution >= 0.6 is 0 Å². The van der Waals surface area contributed by atoms with Gasteiger partial charge in [-0.05, 0) is 0 Å². The van der Waals surface area contributed by atoms with E-state index in [1.807, 2.05) is 27.9 Å². The van der Waals surface area contributed by atoms with E-state index in [1.165, 1.54) is 16.7 Å². The molecule has 0 unspecified atom stereocenters. The van der Waals surface area contributed by atoms with Crippen molar-refractivity contribution in [3.8, 4) is 0 Å². The molecule has 0 fully saturated rings. The first kappa shape index (κ1) is 8.77. The Morgan fingerprint density at radius 2 is 2.00 bits per heavy atom. The molecule has 1 rings (SSSR count). The van der Waals surface area contributed by atoms with Gasteiger partial charge in [0.15, 0.2) is 0 Å². The predicted molar refractivity (Wildman–Crippen MR) is 50.0 cm³/mol. The molecule has 1 nitrogen and oxygen atoms in total. The van der Waals surface area contributed by atoms with E-state index in [0.29, 0.717) is 0 Å². The summed E-state index contributed by atoms with van der Waals surface area (Å²) >= 11 is 1.86. The second kappa shape index (κ2) is 3.38. The minimum absolute atomic E-state index is 0.905. The molecule has 58 valence electrons. The van der Waals surface area contributed by atoms with Crippen LogP contribution < -0.4 is 5.73 Å². The van der Waals surface area contributed by atoms with Crippen molar-refractivity contribution >= 4 is 25.5 Å². The second-order valence-corrected chi connectivity index (χ2v) is 3.87. The SMILES string of the molecule is Cc1cccc(C(N)=[Te])c1C. The molecule has 11 heavy (non-hydrogen) atoms. The molecule has 0 bridgehead atoms. The van der Waals surface area contributed by atoms with Gasteiger partial charge in [-0.25, -0.2) is 0 Å². The monoisotopic (exact) mass is 263 g/mol. The predicted octanol–water partition coefficient (Wildman–Crippen LogP) is 0.909. The molecule has 0 aliphatic rings. The van der Waals surface area contributed by atoms with Gasteiger partial charge in [0.1, 0.15) is 0 Å². The Bertz CT molecular complexity index is 292. The minimum atomic E-state index is 0.905. The average molecular weight is 261 g/mol. The van der Waals surface area contributed by atoms with Gasteiger partial charge in [0.05, 0.1) is 0 Å². The fourth-order valence-corrected chi connectivity index (χ4v) is 1.65. The van der Waals surface area contributed by atoms with Crippen molar-refractivity contribution in [2.75, 3.05) is 0 Å². The zero-order chi connectivity index (χ0) is 8.43. The van der Waals surface area contributed by atoms with Crippen LogP contribution in [0.1, 0.15) is 16.7 Å². The molecule has 0 saturated carbocycles. The van der Waals surface area contributed by atoms with Gasteiger partial charge in [-0.3, -0.25) is 0 Å². The van der Waals surface area contributed by atoms with Crippen LogP contribution in [-0.4, -0.2) is 25.5 Å². The van der Waals surface area contributed by atoms with Crippen molar-refractivity contribution < 1.29 is 0 Å². The summed E-state index contributed by atoms with van der Waals surface area (Å²) in [6, 6.07) is 6.19. The Labute approximate surface area is 80.0 Å². The molecule has 0 aromatic heterocycles. The van der Waals surface area contributed by atoms with Crippen molar-refractivity contribution in [2.24, 2.45) is 5.73 Å². The fourth-order valence-electron chi connectivity index (χ4n) is 1.02. The molecule has 0 spiro atoms. The Hall–Kier alpha value is -0.320. The topological polar surface area (TPSA) is 26.0 Å². The van der Waals surface area contributed by atoms with Gasteiger partial charge in [-0.15, -0.1) is 0 Å². The molecule has 1 aromatic carbocycles. The van der Waals surface area contributed by atoms with E-state index in [4.69, 9.17) is 5.73 Å². The number of hydrogen-bond donors (Lipinski definition) is 1. The summed E-state index contributed by atoms with van der Waals surface area (Å²) in [4.78, 5) is 0. The Balaban J connectivity index is 3.27. The third-order valence-electron chi connectivity index (χ3n) is 1.87. The zero-order valence-electron chi connectivity index (χ0n) is 6.72. The van der Waals surface area contributed by atoms with E-state index in [-0.39, 0.29) is 0 Å². The van der Waals surface area contributed by atoms with Crippen LogP contribution in [0.2, 0.25) is 0 Å². The Morgan fingerprint density at radius 3 is 2.45 bits per heavy atom. The van der Waals surface area contributed by atoms with Gasteiger partial charge < -0.3 is 0 Å². The summed E-state index contributed by atoms with van der Waals surface area (Å²) in [6.45, 7) is 4.20. The number of rotatable bonds is 1. The van der Waals surface area contributed by atoms with Gasteiger partial charge >= 0.3 is 80.0 Å². The van der Waals surface area contributed by atoms with Gasteiger partial charge in [-0.2, -0.15) is 0 Å². The standard InChI is InChI=1S/C9H11NTe/c1-6-4-3-5-8(7(6)2)9(10)11/h3-5H,1-2H3,(H2,10,11). The van der Waals surface area contributed by atoms with E-state index in [1.54, 1.807) is 0 Å². The molecule has 0 radical (unpaired) electrons. The van der Waals surface area contributed by atoms with Crippen molar-refractivity contribution in [2.45, 2.75) is 13.8 Å². The molecular formula is C9H11NTe. The van der Waals surface area contributed by atoms with Gasteiger partial charge in [0, 0.05) is 0 Å². The van der Waals surface area contributed by atoms with Crippen LogP contribution in [0.15, 0.2) is 18.2 Å². The van der Waals surface area contributed by atoms with Crippen LogP contribution in [0.3, 0.4) is 0 Å². The Morgan fingerprint density at radius 1 is 1.36 bits per heavy atom. The molecule has 0 aliphatic heterocycles. The average Bonchev–Trinajstić information content (AvgIpc) is 1.94. The number of aryl methyl sites for hydroxylation is 1. The first-order valence-corrected chi connectivity index (χ1v) is 4.65. The summed E-state index contributed by atoms with van der Waals surface area (Å²) in [6.07, 6.45) is 0. The number of nitrogens with two attached hydrogens (primary N) is 1. The van der Waals surface area contributed by atoms with Gasteiger partial charge in [0.25, 0.3) is 0 Å². The van der Waals surface area contributed by atoms with Crippen molar-refractivity contribution in [3.63, 3.8) is 0 Å². The first-order chi connectivity index (χ1) is 5.13. The summed E-state index contributed by atoms with van der Waals surface area (Å²) in [5.41, 5.74) is 9.47. The van der Waals surface area contributed by atoms with Crippen molar-refractivity contribution in [3.05, 3.63) is 34.9 Å². The molecule has 0 aliphatic carbocycles. The van der Waals surface area contributed by atoms with Crippen LogP contribution in [0.4, 0.5) is 0 Å². The van der Waals surface area contributed by atoms with Crippen LogP contribution in [0.25, 0.3) is 0 Å². The van der Waals surface area contributed by atoms with Crippen molar-refractivity contribution in [1.29, 1.82) is 0 Å². The van der Waals surface area contributed by atoms with Crippen molar-refractivity contribution in [1.82, 2.24) is 0 Å². The molecular weight excluding hydrogens is 250 g/mol. The maximum absolute atomic E-state index is 5.70. The molecule has 2 N–H and O–H groups in total. The Kier molecular flexibility index (Phi) is 2.70. The number of hydrogen-bond acceptors (Lipinski definition) is 1. The molecule has 0 amide bonds. The van der Waals surface area contributed by atoms with E-state index in [9.17, 15) is 0 Å². The molecule has 2 heteroatoms. The van der Waals surface area contributed by atoms with E-state index in [0.717, 1.165) is 3.67 Å². The quantitative estimate of drug-likeness (QED) is 0.747. The maximum atomic E-state index is 5.70. The van der Waals surface area contributed by atoms with E-state index in [2.05, 4.69) is 26.0 Å². The number of benzene rings is 1. The van der Waals surface area contributed by atoms with E-state index < -0.39 is 0 Å². The van der Waals surface area contributed by atoms with Crippen LogP contribution in [0, 0.1) is 13.8 Å². The summed E-state index contributed by atoms with van der Waals surface area (Å²) in [5, 5.41) is 0. The summed E-state index contributed by atoms with van der Waals surface area (Å²) < 4.78 is 0.905. The second-order valence-electron chi connectivity index (χ2n) is 2.61.